The van der Waals surface area contributed by atoms with E-state index in [1.54, 1.807) is 12.1 Å². The molecule has 0 aliphatic heterocycles. The Balaban J connectivity index is 2.77. The lowest BCUT2D eigenvalue weighted by Gasteiger charge is -2.12. The number of anilines is 1. The maximum Gasteiger partial charge on any atom is 0.304 e. The number of nitrogens with one attached hydrogen (secondary N) is 2. The quantitative estimate of drug-likeness (QED) is 0.663. The Morgan fingerprint density at radius 1 is 1.32 bits per heavy atom. The van der Waals surface area contributed by atoms with Crippen LogP contribution >= 0.6 is 0 Å². The molecule has 19 heavy (non-hydrogen) atoms. The van der Waals surface area contributed by atoms with Gasteiger partial charge in [0.2, 0.25) is 10.0 Å². The second kappa shape index (κ2) is 7.10. The summed E-state index contributed by atoms with van der Waals surface area (Å²) in [6.07, 6.45) is -0.412. The minimum Gasteiger partial charge on any atom is -0.481 e. The van der Waals surface area contributed by atoms with Crippen molar-refractivity contribution >= 4 is 21.7 Å². The molecule has 0 bridgehead atoms. The van der Waals surface area contributed by atoms with Crippen LogP contribution in [0.5, 0.6) is 0 Å². The zero-order chi connectivity index (χ0) is 14.3. The van der Waals surface area contributed by atoms with Crippen LogP contribution in [0, 0.1) is 0 Å². The van der Waals surface area contributed by atoms with E-state index in [4.69, 9.17) is 5.11 Å². The molecular weight excluding hydrogens is 268 g/mol. The number of hydrogen-bond acceptors (Lipinski definition) is 4. The van der Waals surface area contributed by atoms with Crippen LogP contribution in [0.25, 0.3) is 0 Å². The zero-order valence-corrected chi connectivity index (χ0v) is 11.5. The van der Waals surface area contributed by atoms with Crippen LogP contribution < -0.4 is 10.0 Å². The van der Waals surface area contributed by atoms with Gasteiger partial charge < -0.3 is 10.4 Å². The first-order valence-electron chi connectivity index (χ1n) is 5.95. The number of carboxylic acid groups (broad SMARTS) is 1. The van der Waals surface area contributed by atoms with Gasteiger partial charge in [0, 0.05) is 6.54 Å². The van der Waals surface area contributed by atoms with Gasteiger partial charge in [-0.2, -0.15) is 0 Å². The molecule has 0 saturated carbocycles. The zero-order valence-electron chi connectivity index (χ0n) is 10.7. The van der Waals surface area contributed by atoms with E-state index in [9.17, 15) is 13.2 Å². The maximum atomic E-state index is 11.7. The van der Waals surface area contributed by atoms with Crippen LogP contribution in [-0.2, 0) is 21.4 Å². The molecule has 0 spiro atoms. The van der Waals surface area contributed by atoms with Gasteiger partial charge in [0.15, 0.2) is 0 Å². The number of hydrogen-bond donors (Lipinski definition) is 3. The summed E-state index contributed by atoms with van der Waals surface area (Å²) in [5.74, 6) is -1.57. The third-order valence-electron chi connectivity index (χ3n) is 2.43. The number of benzene rings is 1. The van der Waals surface area contributed by atoms with Crippen molar-refractivity contribution in [3.05, 3.63) is 29.8 Å². The summed E-state index contributed by atoms with van der Waals surface area (Å²) in [6.45, 7) is 3.29. The van der Waals surface area contributed by atoms with Crippen molar-refractivity contribution in [2.45, 2.75) is 19.9 Å². The van der Waals surface area contributed by atoms with Gasteiger partial charge >= 0.3 is 5.97 Å². The summed E-state index contributed by atoms with van der Waals surface area (Å²) < 4.78 is 25.9. The SMILES string of the molecule is CCNCc1ccccc1NS(=O)(=O)CCC(=O)O. The van der Waals surface area contributed by atoms with E-state index in [1.807, 2.05) is 19.1 Å². The molecule has 7 heteroatoms. The third-order valence-corrected chi connectivity index (χ3v) is 3.71. The van der Waals surface area contributed by atoms with Gasteiger partial charge in [-0.3, -0.25) is 9.52 Å². The molecule has 0 radical (unpaired) electrons. The van der Waals surface area contributed by atoms with Crippen LogP contribution in [-0.4, -0.2) is 31.8 Å². The van der Waals surface area contributed by atoms with Crippen LogP contribution in [0.3, 0.4) is 0 Å². The lowest BCUT2D eigenvalue weighted by molar-refractivity contribution is -0.136. The Morgan fingerprint density at radius 2 is 2.00 bits per heavy atom. The van der Waals surface area contributed by atoms with Crippen LogP contribution in [0.4, 0.5) is 5.69 Å². The predicted molar refractivity (Wildman–Crippen MR) is 73.5 cm³/mol. The molecule has 3 N–H and O–H groups in total. The number of carboxylic acids is 1. The summed E-state index contributed by atoms with van der Waals surface area (Å²) in [5, 5.41) is 11.6. The van der Waals surface area contributed by atoms with Crippen molar-refractivity contribution in [3.8, 4) is 0 Å². The summed E-state index contributed by atoms with van der Waals surface area (Å²) >= 11 is 0. The summed E-state index contributed by atoms with van der Waals surface area (Å²) in [7, 11) is -3.64. The van der Waals surface area contributed by atoms with Gasteiger partial charge in [-0.25, -0.2) is 8.42 Å². The van der Waals surface area contributed by atoms with Crippen molar-refractivity contribution in [2.75, 3.05) is 17.0 Å². The number of para-hydroxylation sites is 1. The summed E-state index contributed by atoms with van der Waals surface area (Å²) in [4.78, 5) is 10.4. The van der Waals surface area contributed by atoms with E-state index in [0.717, 1.165) is 12.1 Å². The molecule has 0 amide bonds. The second-order valence-electron chi connectivity index (χ2n) is 4.00. The molecule has 0 aliphatic rings. The molecule has 1 aromatic rings. The smallest absolute Gasteiger partial charge is 0.304 e. The highest BCUT2D eigenvalue weighted by molar-refractivity contribution is 7.92. The monoisotopic (exact) mass is 286 g/mol. The lowest BCUT2D eigenvalue weighted by atomic mass is 10.2. The molecule has 1 rings (SSSR count). The first-order valence-corrected chi connectivity index (χ1v) is 7.60. The summed E-state index contributed by atoms with van der Waals surface area (Å²) in [6, 6.07) is 7.02. The Hall–Kier alpha value is -1.60. The maximum absolute atomic E-state index is 11.7. The Bertz CT molecular complexity index is 528. The molecule has 0 aliphatic carbocycles. The van der Waals surface area contributed by atoms with Crippen molar-refractivity contribution in [2.24, 2.45) is 0 Å². The van der Waals surface area contributed by atoms with Crippen molar-refractivity contribution in [1.82, 2.24) is 5.32 Å². The average molecular weight is 286 g/mol. The number of sulfonamides is 1. The molecule has 106 valence electrons. The van der Waals surface area contributed by atoms with Crippen LogP contribution in [0.15, 0.2) is 24.3 Å². The van der Waals surface area contributed by atoms with Gasteiger partial charge in [0.1, 0.15) is 0 Å². The van der Waals surface area contributed by atoms with E-state index >= 15 is 0 Å². The molecule has 0 aromatic heterocycles. The fraction of sp³-hybridized carbons (Fsp3) is 0.417. The third kappa shape index (κ3) is 5.71. The van der Waals surface area contributed by atoms with E-state index in [2.05, 4.69) is 10.0 Å². The minimum absolute atomic E-state index is 0.412. The van der Waals surface area contributed by atoms with Crippen molar-refractivity contribution < 1.29 is 18.3 Å². The van der Waals surface area contributed by atoms with E-state index < -0.39 is 28.2 Å². The molecular formula is C12H18N2O4S. The lowest BCUT2D eigenvalue weighted by Crippen LogP contribution is -2.21. The molecule has 0 unspecified atom stereocenters. The van der Waals surface area contributed by atoms with Gasteiger partial charge in [0.25, 0.3) is 0 Å². The molecule has 1 aromatic carbocycles. The molecule has 0 heterocycles. The highest BCUT2D eigenvalue weighted by atomic mass is 32.2. The van der Waals surface area contributed by atoms with Gasteiger partial charge in [-0.15, -0.1) is 0 Å². The van der Waals surface area contributed by atoms with E-state index in [-0.39, 0.29) is 0 Å². The second-order valence-corrected chi connectivity index (χ2v) is 5.84. The highest BCUT2D eigenvalue weighted by Crippen LogP contribution is 2.16. The standard InChI is InChI=1S/C12H18N2O4S/c1-2-13-9-10-5-3-4-6-11(10)14-19(17,18)8-7-12(15)16/h3-6,13-14H,2,7-9H2,1H3,(H,15,16). The summed E-state index contributed by atoms with van der Waals surface area (Å²) in [5.41, 5.74) is 1.30. The molecule has 0 saturated heterocycles. The van der Waals surface area contributed by atoms with Crippen LogP contribution in [0.2, 0.25) is 0 Å². The van der Waals surface area contributed by atoms with E-state index in [1.165, 1.54) is 0 Å². The normalized spacial score (nSPS) is 11.2. The Kier molecular flexibility index (Phi) is 5.78. The van der Waals surface area contributed by atoms with Crippen molar-refractivity contribution in [1.29, 1.82) is 0 Å². The topological polar surface area (TPSA) is 95.5 Å². The largest absolute Gasteiger partial charge is 0.481 e. The number of rotatable bonds is 8. The average Bonchev–Trinajstić information content (AvgIpc) is 2.35. The Morgan fingerprint density at radius 3 is 2.63 bits per heavy atom. The fourth-order valence-corrected chi connectivity index (χ4v) is 2.55. The van der Waals surface area contributed by atoms with Gasteiger partial charge in [-0.1, -0.05) is 25.1 Å². The molecule has 0 fully saturated rings. The first-order chi connectivity index (χ1) is 8.94. The first kappa shape index (κ1) is 15.5. The van der Waals surface area contributed by atoms with Crippen molar-refractivity contribution in [3.63, 3.8) is 0 Å². The van der Waals surface area contributed by atoms with E-state index in [0.29, 0.717) is 12.2 Å². The Labute approximate surface area is 112 Å². The van der Waals surface area contributed by atoms with Crippen LogP contribution in [0.1, 0.15) is 18.9 Å². The molecule has 0 atom stereocenters. The van der Waals surface area contributed by atoms with Gasteiger partial charge in [-0.05, 0) is 18.2 Å². The molecule has 6 nitrogen and oxygen atoms in total. The predicted octanol–water partition coefficient (Wildman–Crippen LogP) is 1.01. The fourth-order valence-electron chi connectivity index (χ4n) is 1.47. The highest BCUT2D eigenvalue weighted by Gasteiger charge is 2.14. The number of aliphatic carboxylic acids is 1. The number of carbonyl (C=O) groups is 1. The van der Waals surface area contributed by atoms with Gasteiger partial charge in [0.05, 0.1) is 17.9 Å². The minimum atomic E-state index is -3.64.